The second-order valence-corrected chi connectivity index (χ2v) is 4.64. The summed E-state index contributed by atoms with van der Waals surface area (Å²) in [6, 6.07) is 5.19. The van der Waals surface area contributed by atoms with Gasteiger partial charge in [-0.15, -0.1) is 0 Å². The van der Waals surface area contributed by atoms with Crippen LogP contribution in [0.4, 0.5) is 5.69 Å². The first-order valence-electron chi connectivity index (χ1n) is 4.26. The van der Waals surface area contributed by atoms with Crippen molar-refractivity contribution in [1.29, 1.82) is 0 Å². The molecule has 84 valence electrons. The van der Waals surface area contributed by atoms with Crippen LogP contribution in [0.3, 0.4) is 0 Å². The molecule has 0 atom stereocenters. The molecule has 0 radical (unpaired) electrons. The first kappa shape index (κ1) is 12.1. The van der Waals surface area contributed by atoms with Crippen molar-refractivity contribution in [3.8, 4) is 0 Å². The van der Waals surface area contributed by atoms with E-state index in [4.69, 9.17) is 0 Å². The Kier molecular flexibility index (Phi) is 3.57. The lowest BCUT2D eigenvalue weighted by Crippen LogP contribution is -2.01. The Bertz CT molecular complexity index is 546. The van der Waals surface area contributed by atoms with Gasteiger partial charge < -0.3 is 0 Å². The predicted octanol–water partition coefficient (Wildman–Crippen LogP) is 2.07. The van der Waals surface area contributed by atoms with Crippen LogP contribution >= 0.6 is 0 Å². The quantitative estimate of drug-likeness (QED) is 0.457. The number of benzene rings is 1. The van der Waals surface area contributed by atoms with E-state index >= 15 is 0 Å². The third kappa shape index (κ3) is 2.54. The minimum atomic E-state index is -3.79. The minimum Gasteiger partial charge on any atom is -0.258 e. The molecule has 16 heavy (non-hydrogen) atoms. The molecular formula is C10H9NO4S. The Balaban J connectivity index is 3.39. The van der Waals surface area contributed by atoms with E-state index in [-0.39, 0.29) is 4.90 Å². The van der Waals surface area contributed by atoms with Crippen molar-refractivity contribution in [3.05, 3.63) is 58.5 Å². The first-order valence-corrected chi connectivity index (χ1v) is 5.81. The smallest absolute Gasteiger partial charge is 0.258 e. The van der Waals surface area contributed by atoms with Gasteiger partial charge in [0.25, 0.3) is 5.69 Å². The van der Waals surface area contributed by atoms with E-state index < -0.39 is 20.4 Å². The number of nitro groups is 1. The van der Waals surface area contributed by atoms with Gasteiger partial charge in [-0.1, -0.05) is 30.9 Å². The molecule has 0 aliphatic heterocycles. The van der Waals surface area contributed by atoms with Crippen LogP contribution in [0.2, 0.25) is 0 Å². The fourth-order valence-corrected chi connectivity index (χ4v) is 2.25. The maximum atomic E-state index is 11.7. The molecule has 1 aromatic carbocycles. The van der Waals surface area contributed by atoms with Crippen LogP contribution in [-0.2, 0) is 9.84 Å². The van der Waals surface area contributed by atoms with E-state index in [1.807, 2.05) is 0 Å². The second kappa shape index (κ2) is 4.71. The molecule has 0 saturated carbocycles. The lowest BCUT2D eigenvalue weighted by atomic mass is 10.3. The number of nitro benzene ring substituents is 1. The standard InChI is InChI=1S/C10H9NO4S/c1-2-3-8-16(14,15)10-7-5-4-6-9(10)11(12)13/h2-8H,1H2. The summed E-state index contributed by atoms with van der Waals surface area (Å²) in [5.74, 6) is 0. The van der Waals surface area contributed by atoms with Crippen LogP contribution in [0.15, 0.2) is 53.3 Å². The molecule has 0 heterocycles. The van der Waals surface area contributed by atoms with Gasteiger partial charge in [0, 0.05) is 11.5 Å². The fourth-order valence-electron chi connectivity index (χ4n) is 1.08. The van der Waals surface area contributed by atoms with Gasteiger partial charge in [-0.25, -0.2) is 8.42 Å². The maximum absolute atomic E-state index is 11.7. The molecule has 0 amide bonds. The van der Waals surface area contributed by atoms with Gasteiger partial charge >= 0.3 is 0 Å². The largest absolute Gasteiger partial charge is 0.288 e. The summed E-state index contributed by atoms with van der Waals surface area (Å²) in [6.45, 7) is 3.33. The lowest BCUT2D eigenvalue weighted by molar-refractivity contribution is -0.387. The highest BCUT2D eigenvalue weighted by Gasteiger charge is 2.22. The Labute approximate surface area is 92.8 Å². The van der Waals surface area contributed by atoms with Crippen molar-refractivity contribution in [2.45, 2.75) is 4.90 Å². The minimum absolute atomic E-state index is 0.321. The number of rotatable bonds is 4. The number of nitrogens with zero attached hydrogens (tertiary/aromatic N) is 1. The molecule has 0 N–H and O–H groups in total. The van der Waals surface area contributed by atoms with Crippen LogP contribution in [0.5, 0.6) is 0 Å². The number of para-hydroxylation sites is 1. The van der Waals surface area contributed by atoms with Crippen molar-refractivity contribution in [1.82, 2.24) is 0 Å². The van der Waals surface area contributed by atoms with Gasteiger partial charge in [-0.2, -0.15) is 0 Å². The Hall–Kier alpha value is -1.95. The summed E-state index contributed by atoms with van der Waals surface area (Å²) < 4.78 is 23.4. The van der Waals surface area contributed by atoms with Crippen LogP contribution in [-0.4, -0.2) is 13.3 Å². The lowest BCUT2D eigenvalue weighted by Gasteiger charge is -1.99. The van der Waals surface area contributed by atoms with Gasteiger partial charge in [0.1, 0.15) is 4.90 Å². The summed E-state index contributed by atoms with van der Waals surface area (Å²) >= 11 is 0. The zero-order valence-electron chi connectivity index (χ0n) is 8.24. The highest BCUT2D eigenvalue weighted by atomic mass is 32.2. The third-order valence-corrected chi connectivity index (χ3v) is 3.24. The average molecular weight is 239 g/mol. The van der Waals surface area contributed by atoms with Crippen LogP contribution in [0.1, 0.15) is 0 Å². The number of allylic oxidation sites excluding steroid dienone is 2. The van der Waals surface area contributed by atoms with E-state index in [0.29, 0.717) is 0 Å². The molecule has 1 rings (SSSR count). The van der Waals surface area contributed by atoms with Gasteiger partial charge in [0.15, 0.2) is 0 Å². The Morgan fingerprint density at radius 3 is 2.50 bits per heavy atom. The molecule has 0 unspecified atom stereocenters. The van der Waals surface area contributed by atoms with E-state index in [0.717, 1.165) is 11.5 Å². The van der Waals surface area contributed by atoms with Gasteiger partial charge in [0.05, 0.1) is 4.92 Å². The monoisotopic (exact) mass is 239 g/mol. The molecule has 0 aliphatic rings. The Morgan fingerprint density at radius 2 is 1.94 bits per heavy atom. The molecule has 1 aromatic rings. The van der Waals surface area contributed by atoms with Crippen molar-refractivity contribution in [2.75, 3.05) is 0 Å². The highest BCUT2D eigenvalue weighted by Crippen LogP contribution is 2.24. The van der Waals surface area contributed by atoms with Crippen molar-refractivity contribution in [2.24, 2.45) is 0 Å². The van der Waals surface area contributed by atoms with Crippen molar-refractivity contribution in [3.63, 3.8) is 0 Å². The van der Waals surface area contributed by atoms with Crippen LogP contribution < -0.4 is 0 Å². The van der Waals surface area contributed by atoms with Gasteiger partial charge in [0.2, 0.25) is 9.84 Å². The van der Waals surface area contributed by atoms with Gasteiger partial charge in [-0.05, 0) is 6.07 Å². The van der Waals surface area contributed by atoms with E-state index in [2.05, 4.69) is 6.58 Å². The molecule has 0 spiro atoms. The molecule has 0 fully saturated rings. The highest BCUT2D eigenvalue weighted by molar-refractivity contribution is 7.94. The number of sulfone groups is 1. The normalized spacial score (nSPS) is 11.5. The van der Waals surface area contributed by atoms with E-state index in [1.54, 1.807) is 0 Å². The summed E-state index contributed by atoms with van der Waals surface area (Å²) in [5, 5.41) is 11.5. The zero-order chi connectivity index (χ0) is 12.2. The van der Waals surface area contributed by atoms with Crippen LogP contribution in [0, 0.1) is 10.1 Å². The first-order chi connectivity index (χ1) is 7.49. The number of hydrogen-bond donors (Lipinski definition) is 0. The second-order valence-electron chi connectivity index (χ2n) is 2.83. The SMILES string of the molecule is C=CC=CS(=O)(=O)c1ccccc1[N+](=O)[O-]. The molecular weight excluding hydrogens is 230 g/mol. The van der Waals surface area contributed by atoms with Crippen molar-refractivity contribution >= 4 is 15.5 Å². The predicted molar refractivity (Wildman–Crippen MR) is 59.6 cm³/mol. The summed E-state index contributed by atoms with van der Waals surface area (Å²) in [6.07, 6.45) is 2.50. The summed E-state index contributed by atoms with van der Waals surface area (Å²) in [7, 11) is -3.79. The molecule has 0 aromatic heterocycles. The average Bonchev–Trinajstić information content (AvgIpc) is 2.26. The molecule has 6 heteroatoms. The van der Waals surface area contributed by atoms with E-state index in [1.165, 1.54) is 30.4 Å². The van der Waals surface area contributed by atoms with E-state index in [9.17, 15) is 18.5 Å². The summed E-state index contributed by atoms with van der Waals surface area (Å²) in [4.78, 5) is 9.59. The maximum Gasteiger partial charge on any atom is 0.288 e. The number of hydrogen-bond acceptors (Lipinski definition) is 4. The topological polar surface area (TPSA) is 77.3 Å². The summed E-state index contributed by atoms with van der Waals surface area (Å²) in [5.41, 5.74) is -0.434. The van der Waals surface area contributed by atoms with Crippen molar-refractivity contribution < 1.29 is 13.3 Å². The van der Waals surface area contributed by atoms with Gasteiger partial charge in [-0.3, -0.25) is 10.1 Å². The molecule has 0 aliphatic carbocycles. The molecule has 5 nitrogen and oxygen atoms in total. The zero-order valence-corrected chi connectivity index (χ0v) is 9.05. The fraction of sp³-hybridized carbons (Fsp3) is 0. The van der Waals surface area contributed by atoms with Crippen LogP contribution in [0.25, 0.3) is 0 Å². The Morgan fingerprint density at radius 1 is 1.31 bits per heavy atom. The molecule has 0 bridgehead atoms. The molecule has 0 saturated heterocycles. The third-order valence-electron chi connectivity index (χ3n) is 1.76.